The maximum atomic E-state index is 5.90. The standard InChI is InChI=1S/C35H33N3O4/c1-37-29(34(27-8-4-2-5-9-27)36-35(37)28-10-6-3-7-11-28)24-38(22-25-12-14-30-32(20-25)41-18-16-39-30)23-26-13-15-31-33(21-26)42-19-17-40-31/h2-15,20-21H,16-19,22-24H2,1H3. The maximum absolute atomic E-state index is 5.90. The molecular formula is C35H33N3O4. The predicted octanol–water partition coefficient (Wildman–Crippen LogP) is 6.50. The highest BCUT2D eigenvalue weighted by Crippen LogP contribution is 2.35. The molecule has 212 valence electrons. The normalized spacial score (nSPS) is 13.8. The van der Waals surface area contributed by atoms with Crippen molar-refractivity contribution in [2.75, 3.05) is 26.4 Å². The van der Waals surface area contributed by atoms with Gasteiger partial charge in [-0.25, -0.2) is 4.98 Å². The lowest BCUT2D eigenvalue weighted by molar-refractivity contribution is 0.170. The molecule has 5 aromatic rings. The van der Waals surface area contributed by atoms with E-state index in [1.54, 1.807) is 0 Å². The van der Waals surface area contributed by atoms with Crippen molar-refractivity contribution in [2.45, 2.75) is 19.6 Å². The lowest BCUT2D eigenvalue weighted by Crippen LogP contribution is -2.24. The first-order valence-electron chi connectivity index (χ1n) is 14.4. The van der Waals surface area contributed by atoms with Crippen LogP contribution in [0.25, 0.3) is 22.6 Å². The van der Waals surface area contributed by atoms with Crippen LogP contribution in [0, 0.1) is 0 Å². The highest BCUT2D eigenvalue weighted by Gasteiger charge is 2.22. The van der Waals surface area contributed by atoms with Gasteiger partial charge in [-0.3, -0.25) is 4.90 Å². The van der Waals surface area contributed by atoms with Crippen LogP contribution < -0.4 is 18.9 Å². The summed E-state index contributed by atoms with van der Waals surface area (Å²) in [5, 5.41) is 0. The largest absolute Gasteiger partial charge is 0.486 e. The van der Waals surface area contributed by atoms with Crippen molar-refractivity contribution in [1.82, 2.24) is 14.5 Å². The number of rotatable bonds is 8. The Hall–Kier alpha value is -4.75. The quantitative estimate of drug-likeness (QED) is 0.216. The van der Waals surface area contributed by atoms with Crippen molar-refractivity contribution >= 4 is 0 Å². The number of hydrogen-bond donors (Lipinski definition) is 0. The van der Waals surface area contributed by atoms with Crippen LogP contribution >= 0.6 is 0 Å². The summed E-state index contributed by atoms with van der Waals surface area (Å²) in [5.74, 6) is 4.15. The number of hydrogen-bond acceptors (Lipinski definition) is 6. The lowest BCUT2D eigenvalue weighted by atomic mass is 10.1. The first-order valence-corrected chi connectivity index (χ1v) is 14.4. The fraction of sp³-hybridized carbons (Fsp3) is 0.229. The van der Waals surface area contributed by atoms with Gasteiger partial charge in [-0.2, -0.15) is 0 Å². The van der Waals surface area contributed by atoms with E-state index >= 15 is 0 Å². The van der Waals surface area contributed by atoms with Crippen molar-refractivity contribution in [3.63, 3.8) is 0 Å². The summed E-state index contributed by atoms with van der Waals surface area (Å²) in [4.78, 5) is 7.64. The van der Waals surface area contributed by atoms with Gasteiger partial charge in [0.25, 0.3) is 0 Å². The summed E-state index contributed by atoms with van der Waals surface area (Å²) < 4.78 is 25.6. The Bertz CT molecular complexity index is 1620. The maximum Gasteiger partial charge on any atom is 0.161 e. The highest BCUT2D eigenvalue weighted by atomic mass is 16.6. The second kappa shape index (κ2) is 11.6. The molecule has 0 atom stereocenters. The zero-order chi connectivity index (χ0) is 28.3. The molecule has 3 heterocycles. The Labute approximate surface area is 245 Å². The Morgan fingerprint density at radius 2 is 1.10 bits per heavy atom. The average Bonchev–Trinajstić information content (AvgIpc) is 3.37. The van der Waals surface area contributed by atoms with E-state index in [-0.39, 0.29) is 0 Å². The van der Waals surface area contributed by atoms with E-state index in [1.807, 2.05) is 24.3 Å². The molecule has 0 spiro atoms. The summed E-state index contributed by atoms with van der Waals surface area (Å²) in [6, 6.07) is 33.3. The third kappa shape index (κ3) is 5.43. The molecule has 1 aromatic heterocycles. The number of benzene rings is 4. The molecule has 7 nitrogen and oxygen atoms in total. The van der Waals surface area contributed by atoms with Gasteiger partial charge in [0.1, 0.15) is 32.3 Å². The second-order valence-corrected chi connectivity index (χ2v) is 10.6. The molecule has 42 heavy (non-hydrogen) atoms. The third-order valence-electron chi connectivity index (χ3n) is 7.69. The minimum absolute atomic E-state index is 0.565. The van der Waals surface area contributed by atoms with Gasteiger partial charge in [0.05, 0.1) is 11.4 Å². The van der Waals surface area contributed by atoms with Crippen LogP contribution in [0.1, 0.15) is 16.8 Å². The molecule has 0 amide bonds. The number of fused-ring (bicyclic) bond motifs is 2. The summed E-state index contributed by atoms with van der Waals surface area (Å²) in [6.07, 6.45) is 0. The monoisotopic (exact) mass is 559 g/mol. The topological polar surface area (TPSA) is 58.0 Å². The molecule has 2 aliphatic rings. The van der Waals surface area contributed by atoms with Crippen LogP contribution in [0.2, 0.25) is 0 Å². The fourth-order valence-electron chi connectivity index (χ4n) is 5.65. The molecular weight excluding hydrogens is 526 g/mol. The summed E-state index contributed by atoms with van der Waals surface area (Å²) in [7, 11) is 2.11. The Balaban J connectivity index is 1.27. The summed E-state index contributed by atoms with van der Waals surface area (Å²) in [5.41, 5.74) is 6.64. The van der Waals surface area contributed by atoms with E-state index in [9.17, 15) is 0 Å². The van der Waals surface area contributed by atoms with Crippen molar-refractivity contribution in [3.05, 3.63) is 114 Å². The SMILES string of the molecule is Cn1c(-c2ccccc2)nc(-c2ccccc2)c1CN(Cc1ccc2c(c1)OCCO2)Cc1ccc2c(c1)OCCO2. The Kier molecular flexibility index (Phi) is 7.24. The Morgan fingerprint density at radius 3 is 1.64 bits per heavy atom. The summed E-state index contributed by atoms with van der Waals surface area (Å²) in [6.45, 7) is 4.40. The second-order valence-electron chi connectivity index (χ2n) is 10.6. The number of imidazole rings is 1. The van der Waals surface area contributed by atoms with Gasteiger partial charge in [-0.05, 0) is 35.4 Å². The van der Waals surface area contributed by atoms with Crippen LogP contribution in [-0.4, -0.2) is 40.9 Å². The van der Waals surface area contributed by atoms with E-state index in [4.69, 9.17) is 23.9 Å². The lowest BCUT2D eigenvalue weighted by Gasteiger charge is -2.26. The van der Waals surface area contributed by atoms with E-state index in [2.05, 4.69) is 89.3 Å². The number of nitrogens with zero attached hydrogens (tertiary/aromatic N) is 3. The van der Waals surface area contributed by atoms with Gasteiger partial charge < -0.3 is 23.5 Å². The molecule has 0 unspecified atom stereocenters. The van der Waals surface area contributed by atoms with Crippen LogP contribution in [-0.2, 0) is 26.7 Å². The molecule has 0 fully saturated rings. The van der Waals surface area contributed by atoms with Crippen LogP contribution in [0.15, 0.2) is 97.1 Å². The molecule has 0 bridgehead atoms. The predicted molar refractivity (Wildman–Crippen MR) is 162 cm³/mol. The fourth-order valence-corrected chi connectivity index (χ4v) is 5.65. The van der Waals surface area contributed by atoms with E-state index in [0.29, 0.717) is 46.1 Å². The minimum atomic E-state index is 0.565. The van der Waals surface area contributed by atoms with Crippen molar-refractivity contribution in [3.8, 4) is 45.6 Å². The molecule has 0 saturated heterocycles. The first kappa shape index (κ1) is 26.2. The first-order chi connectivity index (χ1) is 20.7. The molecule has 0 aliphatic carbocycles. The van der Waals surface area contributed by atoms with Gasteiger partial charge in [-0.15, -0.1) is 0 Å². The number of aromatic nitrogens is 2. The van der Waals surface area contributed by atoms with Gasteiger partial charge in [-0.1, -0.05) is 72.8 Å². The molecule has 2 aliphatic heterocycles. The van der Waals surface area contributed by atoms with Crippen LogP contribution in [0.5, 0.6) is 23.0 Å². The molecule has 0 N–H and O–H groups in total. The summed E-state index contributed by atoms with van der Waals surface area (Å²) >= 11 is 0. The highest BCUT2D eigenvalue weighted by molar-refractivity contribution is 5.68. The van der Waals surface area contributed by atoms with Gasteiger partial charge in [0.15, 0.2) is 23.0 Å². The Morgan fingerprint density at radius 1 is 0.595 bits per heavy atom. The van der Waals surface area contributed by atoms with Crippen molar-refractivity contribution in [1.29, 1.82) is 0 Å². The van der Waals surface area contributed by atoms with Gasteiger partial charge in [0.2, 0.25) is 0 Å². The van der Waals surface area contributed by atoms with Crippen molar-refractivity contribution in [2.24, 2.45) is 7.05 Å². The number of ether oxygens (including phenoxy) is 4. The zero-order valence-corrected chi connectivity index (χ0v) is 23.7. The van der Waals surface area contributed by atoms with E-state index in [1.165, 1.54) is 0 Å². The molecule has 7 heteroatoms. The van der Waals surface area contributed by atoms with Crippen LogP contribution in [0.4, 0.5) is 0 Å². The van der Waals surface area contributed by atoms with E-state index < -0.39 is 0 Å². The zero-order valence-electron chi connectivity index (χ0n) is 23.7. The van der Waals surface area contributed by atoms with Gasteiger partial charge >= 0.3 is 0 Å². The van der Waals surface area contributed by atoms with Crippen LogP contribution in [0.3, 0.4) is 0 Å². The average molecular weight is 560 g/mol. The third-order valence-corrected chi connectivity index (χ3v) is 7.69. The van der Waals surface area contributed by atoms with Gasteiger partial charge in [0, 0.05) is 37.8 Å². The molecule has 4 aromatic carbocycles. The van der Waals surface area contributed by atoms with E-state index in [0.717, 1.165) is 62.5 Å². The molecule has 0 saturated carbocycles. The molecule has 0 radical (unpaired) electrons. The molecule has 7 rings (SSSR count). The van der Waals surface area contributed by atoms with Crippen molar-refractivity contribution < 1.29 is 18.9 Å². The minimum Gasteiger partial charge on any atom is -0.486 e. The smallest absolute Gasteiger partial charge is 0.161 e.